The molecule has 0 aliphatic carbocycles. The second-order valence-electron chi connectivity index (χ2n) is 3.39. The van der Waals surface area contributed by atoms with E-state index < -0.39 is 0 Å². The standard InChI is InChI=1S/C10H13ClN2O/c11-10-2-1-9(7-13-10)14-6-4-8-3-5-12-8/h1-2,7-8,12H,3-6H2/t8-/m0/s1. The van der Waals surface area contributed by atoms with E-state index in [4.69, 9.17) is 16.3 Å². The second-order valence-corrected chi connectivity index (χ2v) is 3.78. The topological polar surface area (TPSA) is 34.1 Å². The smallest absolute Gasteiger partial charge is 0.137 e. The van der Waals surface area contributed by atoms with Gasteiger partial charge < -0.3 is 10.1 Å². The third-order valence-corrected chi connectivity index (χ3v) is 2.58. The van der Waals surface area contributed by atoms with E-state index in [1.807, 2.05) is 6.07 Å². The monoisotopic (exact) mass is 212 g/mol. The lowest BCUT2D eigenvalue weighted by atomic mass is 10.0. The number of ether oxygens (including phenoxy) is 1. The molecule has 1 fully saturated rings. The third kappa shape index (κ3) is 2.59. The molecule has 1 saturated heterocycles. The molecule has 0 amide bonds. The normalized spacial score (nSPS) is 20.2. The minimum Gasteiger partial charge on any atom is -0.492 e. The van der Waals surface area contributed by atoms with E-state index in [-0.39, 0.29) is 0 Å². The van der Waals surface area contributed by atoms with Crippen molar-refractivity contribution in [3.8, 4) is 5.75 Å². The van der Waals surface area contributed by atoms with Crippen LogP contribution in [0.25, 0.3) is 0 Å². The van der Waals surface area contributed by atoms with E-state index in [1.165, 1.54) is 6.42 Å². The van der Waals surface area contributed by atoms with Gasteiger partial charge in [0.15, 0.2) is 0 Å². The Balaban J connectivity index is 1.71. The Morgan fingerprint density at radius 2 is 2.43 bits per heavy atom. The van der Waals surface area contributed by atoms with Crippen LogP contribution in [0, 0.1) is 0 Å². The third-order valence-electron chi connectivity index (χ3n) is 2.36. The van der Waals surface area contributed by atoms with Crippen LogP contribution in [-0.4, -0.2) is 24.2 Å². The fourth-order valence-corrected chi connectivity index (χ4v) is 1.47. The van der Waals surface area contributed by atoms with Crippen LogP contribution in [0.4, 0.5) is 0 Å². The van der Waals surface area contributed by atoms with Gasteiger partial charge in [0.05, 0.1) is 12.8 Å². The molecule has 3 nitrogen and oxygen atoms in total. The molecule has 2 rings (SSSR count). The van der Waals surface area contributed by atoms with Gasteiger partial charge in [0.2, 0.25) is 0 Å². The van der Waals surface area contributed by atoms with Gasteiger partial charge in [0.1, 0.15) is 10.9 Å². The molecule has 76 valence electrons. The first-order valence-electron chi connectivity index (χ1n) is 4.82. The summed E-state index contributed by atoms with van der Waals surface area (Å²) in [6.07, 6.45) is 3.97. The van der Waals surface area contributed by atoms with E-state index in [9.17, 15) is 0 Å². The summed E-state index contributed by atoms with van der Waals surface area (Å²) in [5.41, 5.74) is 0. The van der Waals surface area contributed by atoms with Crippen molar-refractivity contribution < 1.29 is 4.74 Å². The van der Waals surface area contributed by atoms with Crippen molar-refractivity contribution in [2.75, 3.05) is 13.2 Å². The number of hydrogen-bond donors (Lipinski definition) is 1. The molecule has 2 heterocycles. The molecule has 1 aromatic rings. The lowest BCUT2D eigenvalue weighted by Gasteiger charge is -2.27. The van der Waals surface area contributed by atoms with Crippen molar-refractivity contribution in [2.24, 2.45) is 0 Å². The van der Waals surface area contributed by atoms with Crippen LogP contribution in [-0.2, 0) is 0 Å². The summed E-state index contributed by atoms with van der Waals surface area (Å²) in [5, 5.41) is 3.82. The van der Waals surface area contributed by atoms with E-state index in [1.54, 1.807) is 12.3 Å². The highest BCUT2D eigenvalue weighted by Crippen LogP contribution is 2.13. The van der Waals surface area contributed by atoms with Crippen molar-refractivity contribution in [3.05, 3.63) is 23.5 Å². The van der Waals surface area contributed by atoms with Crippen molar-refractivity contribution in [2.45, 2.75) is 18.9 Å². The lowest BCUT2D eigenvalue weighted by Crippen LogP contribution is -2.43. The van der Waals surface area contributed by atoms with Crippen LogP contribution in [0.5, 0.6) is 5.75 Å². The molecule has 1 aliphatic heterocycles. The van der Waals surface area contributed by atoms with Crippen LogP contribution in [0.3, 0.4) is 0 Å². The number of nitrogens with one attached hydrogen (secondary N) is 1. The quantitative estimate of drug-likeness (QED) is 0.774. The maximum absolute atomic E-state index is 5.65. The summed E-state index contributed by atoms with van der Waals surface area (Å²) in [4.78, 5) is 3.94. The van der Waals surface area contributed by atoms with Gasteiger partial charge in [-0.1, -0.05) is 11.6 Å². The van der Waals surface area contributed by atoms with Crippen LogP contribution in [0.1, 0.15) is 12.8 Å². The minimum absolute atomic E-state index is 0.498. The summed E-state index contributed by atoms with van der Waals surface area (Å²) < 4.78 is 5.51. The summed E-state index contributed by atoms with van der Waals surface area (Å²) in [5.74, 6) is 0.786. The zero-order valence-corrected chi connectivity index (χ0v) is 8.63. The highest BCUT2D eigenvalue weighted by molar-refractivity contribution is 6.29. The molecular weight excluding hydrogens is 200 g/mol. The average molecular weight is 213 g/mol. The molecule has 1 atom stereocenters. The summed E-state index contributed by atoms with van der Waals surface area (Å²) in [6, 6.07) is 4.22. The van der Waals surface area contributed by atoms with Gasteiger partial charge in [0, 0.05) is 6.04 Å². The lowest BCUT2D eigenvalue weighted by molar-refractivity contribution is 0.252. The van der Waals surface area contributed by atoms with E-state index in [0.29, 0.717) is 11.2 Å². The Kier molecular flexibility index (Phi) is 3.22. The summed E-state index contributed by atoms with van der Waals surface area (Å²) >= 11 is 5.65. The van der Waals surface area contributed by atoms with Gasteiger partial charge >= 0.3 is 0 Å². The number of nitrogens with zero attached hydrogens (tertiary/aromatic N) is 1. The molecule has 1 aliphatic rings. The van der Waals surface area contributed by atoms with Gasteiger partial charge in [-0.3, -0.25) is 0 Å². The number of rotatable bonds is 4. The number of hydrogen-bond acceptors (Lipinski definition) is 3. The van der Waals surface area contributed by atoms with Crippen LogP contribution < -0.4 is 10.1 Å². The fraction of sp³-hybridized carbons (Fsp3) is 0.500. The maximum atomic E-state index is 5.65. The van der Waals surface area contributed by atoms with Crippen LogP contribution in [0.15, 0.2) is 18.3 Å². The second kappa shape index (κ2) is 4.62. The summed E-state index contributed by atoms with van der Waals surface area (Å²) in [7, 11) is 0. The minimum atomic E-state index is 0.498. The van der Waals surface area contributed by atoms with Gasteiger partial charge in [-0.2, -0.15) is 0 Å². The summed E-state index contributed by atoms with van der Waals surface area (Å²) in [6.45, 7) is 1.88. The highest BCUT2D eigenvalue weighted by Gasteiger charge is 2.15. The Hall–Kier alpha value is -0.800. The van der Waals surface area contributed by atoms with Crippen LogP contribution >= 0.6 is 11.6 Å². The molecule has 14 heavy (non-hydrogen) atoms. The molecule has 0 aromatic carbocycles. The molecular formula is C10H13ClN2O. The van der Waals surface area contributed by atoms with Crippen molar-refractivity contribution >= 4 is 11.6 Å². The molecule has 0 bridgehead atoms. The van der Waals surface area contributed by atoms with Crippen LogP contribution in [0.2, 0.25) is 5.15 Å². The molecule has 0 saturated carbocycles. The van der Waals surface area contributed by atoms with Crippen molar-refractivity contribution in [1.82, 2.24) is 10.3 Å². The van der Waals surface area contributed by atoms with Crippen molar-refractivity contribution in [3.63, 3.8) is 0 Å². The first-order chi connectivity index (χ1) is 6.84. The molecule has 1 aromatic heterocycles. The Morgan fingerprint density at radius 1 is 1.57 bits per heavy atom. The first kappa shape index (κ1) is 9.74. The number of aromatic nitrogens is 1. The predicted molar refractivity (Wildman–Crippen MR) is 55.8 cm³/mol. The number of halogens is 1. The van der Waals surface area contributed by atoms with E-state index in [2.05, 4.69) is 10.3 Å². The zero-order valence-electron chi connectivity index (χ0n) is 7.87. The van der Waals surface area contributed by atoms with Gasteiger partial charge in [0.25, 0.3) is 0 Å². The Morgan fingerprint density at radius 3 is 3.00 bits per heavy atom. The molecule has 0 spiro atoms. The first-order valence-corrected chi connectivity index (χ1v) is 5.20. The maximum Gasteiger partial charge on any atom is 0.137 e. The van der Waals surface area contributed by atoms with Crippen molar-refractivity contribution in [1.29, 1.82) is 0 Å². The van der Waals surface area contributed by atoms with Gasteiger partial charge in [-0.15, -0.1) is 0 Å². The van der Waals surface area contributed by atoms with Gasteiger partial charge in [-0.25, -0.2) is 4.98 Å². The fourth-order valence-electron chi connectivity index (χ4n) is 1.36. The number of pyridine rings is 1. The Labute approximate surface area is 88.4 Å². The zero-order chi connectivity index (χ0) is 9.80. The molecule has 0 radical (unpaired) electrons. The molecule has 0 unspecified atom stereocenters. The average Bonchev–Trinajstić information content (AvgIpc) is 2.12. The van der Waals surface area contributed by atoms with E-state index >= 15 is 0 Å². The molecule has 4 heteroatoms. The SMILES string of the molecule is Clc1ccc(OCC[C@@H]2CCN2)cn1. The van der Waals surface area contributed by atoms with E-state index in [0.717, 1.165) is 25.3 Å². The highest BCUT2D eigenvalue weighted by atomic mass is 35.5. The van der Waals surface area contributed by atoms with Gasteiger partial charge in [-0.05, 0) is 31.5 Å². The largest absolute Gasteiger partial charge is 0.492 e. The molecule has 1 N–H and O–H groups in total. The predicted octanol–water partition coefficient (Wildman–Crippen LogP) is 1.87. The Bertz CT molecular complexity index is 285.